The molecule has 21 heavy (non-hydrogen) atoms. The SMILES string of the molecule is CC(C)C1(C(=O)O)CCN(C(=O)c2cc3c(s2)CCC3)C1. The molecule has 1 atom stereocenters. The van der Waals surface area contributed by atoms with Crippen molar-refractivity contribution in [1.82, 2.24) is 4.90 Å². The Morgan fingerprint density at radius 1 is 1.38 bits per heavy atom. The number of hydrogen-bond acceptors (Lipinski definition) is 3. The van der Waals surface area contributed by atoms with Gasteiger partial charge in [-0.15, -0.1) is 11.3 Å². The van der Waals surface area contributed by atoms with E-state index in [4.69, 9.17) is 0 Å². The maximum Gasteiger partial charge on any atom is 0.311 e. The number of carbonyl (C=O) groups excluding carboxylic acids is 1. The van der Waals surface area contributed by atoms with Crippen molar-refractivity contribution in [1.29, 1.82) is 0 Å². The lowest BCUT2D eigenvalue weighted by molar-refractivity contribution is -0.150. The summed E-state index contributed by atoms with van der Waals surface area (Å²) in [7, 11) is 0. The number of fused-ring (bicyclic) bond motifs is 1. The smallest absolute Gasteiger partial charge is 0.311 e. The molecule has 0 spiro atoms. The molecule has 1 aliphatic carbocycles. The maximum absolute atomic E-state index is 12.6. The van der Waals surface area contributed by atoms with E-state index in [1.165, 1.54) is 16.9 Å². The van der Waals surface area contributed by atoms with E-state index in [0.29, 0.717) is 19.5 Å². The highest BCUT2D eigenvalue weighted by molar-refractivity contribution is 7.14. The first-order valence-corrected chi connectivity index (χ1v) is 8.40. The molecule has 0 aromatic carbocycles. The van der Waals surface area contributed by atoms with Crippen LogP contribution in [0, 0.1) is 11.3 Å². The number of thiophene rings is 1. The van der Waals surface area contributed by atoms with Crippen molar-refractivity contribution in [3.8, 4) is 0 Å². The molecule has 1 N–H and O–H groups in total. The average molecular weight is 307 g/mol. The lowest BCUT2D eigenvalue weighted by Crippen LogP contribution is -2.40. The van der Waals surface area contributed by atoms with E-state index in [0.717, 1.165) is 17.7 Å². The minimum atomic E-state index is -0.782. The van der Waals surface area contributed by atoms with Gasteiger partial charge in [-0.3, -0.25) is 9.59 Å². The summed E-state index contributed by atoms with van der Waals surface area (Å²) >= 11 is 1.60. The molecular weight excluding hydrogens is 286 g/mol. The number of carboxylic acids is 1. The largest absolute Gasteiger partial charge is 0.481 e. The van der Waals surface area contributed by atoms with Crippen molar-refractivity contribution in [2.45, 2.75) is 39.5 Å². The van der Waals surface area contributed by atoms with Crippen LogP contribution < -0.4 is 0 Å². The molecule has 0 radical (unpaired) electrons. The number of aryl methyl sites for hydroxylation is 2. The van der Waals surface area contributed by atoms with E-state index in [1.807, 2.05) is 19.9 Å². The third-order valence-electron chi connectivity index (χ3n) is 5.08. The van der Waals surface area contributed by atoms with Crippen LogP contribution >= 0.6 is 11.3 Å². The summed E-state index contributed by atoms with van der Waals surface area (Å²) in [5.41, 5.74) is 0.534. The highest BCUT2D eigenvalue weighted by atomic mass is 32.1. The van der Waals surface area contributed by atoms with Crippen LogP contribution in [0.3, 0.4) is 0 Å². The number of likely N-dealkylation sites (tertiary alicyclic amines) is 1. The summed E-state index contributed by atoms with van der Waals surface area (Å²) in [5.74, 6) is -0.735. The van der Waals surface area contributed by atoms with E-state index >= 15 is 0 Å². The van der Waals surface area contributed by atoms with Gasteiger partial charge in [0.15, 0.2) is 0 Å². The van der Waals surface area contributed by atoms with Gasteiger partial charge in [0.05, 0.1) is 10.3 Å². The zero-order valence-corrected chi connectivity index (χ0v) is 13.3. The van der Waals surface area contributed by atoms with Gasteiger partial charge in [-0.25, -0.2) is 0 Å². The molecular formula is C16H21NO3S. The third-order valence-corrected chi connectivity index (χ3v) is 6.30. The Bertz CT molecular complexity index is 571. The van der Waals surface area contributed by atoms with Gasteiger partial charge in [-0.2, -0.15) is 0 Å². The quantitative estimate of drug-likeness (QED) is 0.934. The van der Waals surface area contributed by atoms with Gasteiger partial charge in [0, 0.05) is 18.0 Å². The molecule has 3 rings (SSSR count). The van der Waals surface area contributed by atoms with Crippen molar-refractivity contribution in [3.63, 3.8) is 0 Å². The second-order valence-electron chi connectivity index (χ2n) is 6.51. The highest BCUT2D eigenvalue weighted by Gasteiger charge is 2.48. The predicted molar refractivity (Wildman–Crippen MR) is 81.8 cm³/mol. The number of carbonyl (C=O) groups is 2. The zero-order chi connectivity index (χ0) is 15.2. The summed E-state index contributed by atoms with van der Waals surface area (Å²) in [6.45, 7) is 4.75. The molecule has 1 unspecified atom stereocenters. The summed E-state index contributed by atoms with van der Waals surface area (Å²) in [5, 5.41) is 9.56. The van der Waals surface area contributed by atoms with Crippen LogP contribution in [0.5, 0.6) is 0 Å². The van der Waals surface area contributed by atoms with Crippen molar-refractivity contribution in [2.24, 2.45) is 11.3 Å². The second-order valence-corrected chi connectivity index (χ2v) is 7.64. The lowest BCUT2D eigenvalue weighted by atomic mass is 9.76. The average Bonchev–Trinajstić information content (AvgIpc) is 3.11. The molecule has 2 heterocycles. The van der Waals surface area contributed by atoms with Crippen LogP contribution in [0.15, 0.2) is 6.07 Å². The summed E-state index contributed by atoms with van der Waals surface area (Å²) in [6.07, 6.45) is 3.90. The van der Waals surface area contributed by atoms with Crippen LogP contribution in [0.4, 0.5) is 0 Å². The fraction of sp³-hybridized carbons (Fsp3) is 0.625. The molecule has 1 amide bonds. The number of rotatable bonds is 3. The molecule has 1 aliphatic heterocycles. The molecule has 1 aromatic rings. The van der Waals surface area contributed by atoms with Crippen LogP contribution in [-0.4, -0.2) is 35.0 Å². The molecule has 0 saturated carbocycles. The Balaban J connectivity index is 1.79. The number of nitrogens with zero attached hydrogens (tertiary/aromatic N) is 1. The van der Waals surface area contributed by atoms with Crippen molar-refractivity contribution >= 4 is 23.2 Å². The first-order valence-electron chi connectivity index (χ1n) is 7.58. The normalized spacial score (nSPS) is 24.6. The van der Waals surface area contributed by atoms with E-state index in [2.05, 4.69) is 0 Å². The molecule has 114 valence electrons. The predicted octanol–water partition coefficient (Wildman–Crippen LogP) is 2.81. The fourth-order valence-electron chi connectivity index (χ4n) is 3.49. The molecule has 1 saturated heterocycles. The Kier molecular flexibility index (Phi) is 3.56. The van der Waals surface area contributed by atoms with Gasteiger partial charge in [0.25, 0.3) is 5.91 Å². The topological polar surface area (TPSA) is 57.6 Å². The van der Waals surface area contributed by atoms with Gasteiger partial charge in [0.2, 0.25) is 0 Å². The minimum Gasteiger partial charge on any atom is -0.481 e. The van der Waals surface area contributed by atoms with Crippen LogP contribution in [0.25, 0.3) is 0 Å². The van der Waals surface area contributed by atoms with E-state index in [-0.39, 0.29) is 11.8 Å². The van der Waals surface area contributed by atoms with Gasteiger partial charge >= 0.3 is 5.97 Å². The van der Waals surface area contributed by atoms with Gasteiger partial charge < -0.3 is 10.0 Å². The van der Waals surface area contributed by atoms with Crippen molar-refractivity contribution in [3.05, 3.63) is 21.4 Å². The molecule has 2 aliphatic rings. The Morgan fingerprint density at radius 2 is 2.14 bits per heavy atom. The minimum absolute atomic E-state index is 0.0122. The number of carboxylic acid groups (broad SMARTS) is 1. The van der Waals surface area contributed by atoms with Gasteiger partial charge in [0.1, 0.15) is 0 Å². The zero-order valence-electron chi connectivity index (χ0n) is 12.5. The van der Waals surface area contributed by atoms with Crippen LogP contribution in [0.1, 0.15) is 46.8 Å². The second kappa shape index (κ2) is 5.13. The Hall–Kier alpha value is -1.36. The van der Waals surface area contributed by atoms with Crippen LogP contribution in [0.2, 0.25) is 0 Å². The third kappa shape index (κ3) is 2.27. The van der Waals surface area contributed by atoms with Crippen molar-refractivity contribution < 1.29 is 14.7 Å². The molecule has 0 bridgehead atoms. The summed E-state index contributed by atoms with van der Waals surface area (Å²) < 4.78 is 0. The number of aliphatic carboxylic acids is 1. The Labute approximate surface area is 128 Å². The first-order chi connectivity index (χ1) is 9.94. The lowest BCUT2D eigenvalue weighted by Gasteiger charge is -2.28. The first kappa shape index (κ1) is 14.6. The summed E-state index contributed by atoms with van der Waals surface area (Å²) in [4.78, 5) is 28.1. The standard InChI is InChI=1S/C16H21NO3S/c1-10(2)16(15(19)20)6-7-17(9-16)14(18)13-8-11-4-3-5-12(11)21-13/h8,10H,3-7,9H2,1-2H3,(H,19,20). The monoisotopic (exact) mass is 307 g/mol. The van der Waals surface area contributed by atoms with Gasteiger partial charge in [-0.05, 0) is 43.2 Å². The molecule has 4 nitrogen and oxygen atoms in total. The van der Waals surface area contributed by atoms with E-state index < -0.39 is 11.4 Å². The summed E-state index contributed by atoms with van der Waals surface area (Å²) in [6, 6.07) is 2.02. The molecule has 1 aromatic heterocycles. The maximum atomic E-state index is 12.6. The van der Waals surface area contributed by atoms with E-state index in [1.54, 1.807) is 16.2 Å². The highest BCUT2D eigenvalue weighted by Crippen LogP contribution is 2.39. The Morgan fingerprint density at radius 3 is 2.71 bits per heavy atom. The van der Waals surface area contributed by atoms with Gasteiger partial charge in [-0.1, -0.05) is 13.8 Å². The molecule has 1 fully saturated rings. The van der Waals surface area contributed by atoms with Crippen molar-refractivity contribution in [2.75, 3.05) is 13.1 Å². The van der Waals surface area contributed by atoms with E-state index in [9.17, 15) is 14.7 Å². The fourth-order valence-corrected chi connectivity index (χ4v) is 4.71. The number of hydrogen-bond donors (Lipinski definition) is 1. The van der Waals surface area contributed by atoms with Crippen LogP contribution in [-0.2, 0) is 17.6 Å². The molecule has 5 heteroatoms. The number of amides is 1.